The summed E-state index contributed by atoms with van der Waals surface area (Å²) in [5, 5.41) is 2.80. The Hall–Kier alpha value is -2.44. The van der Waals surface area contributed by atoms with Gasteiger partial charge in [0, 0.05) is 39.1 Å². The van der Waals surface area contributed by atoms with Gasteiger partial charge in [-0.2, -0.15) is 0 Å². The predicted molar refractivity (Wildman–Crippen MR) is 95.2 cm³/mol. The van der Waals surface area contributed by atoms with E-state index in [1.807, 2.05) is 17.0 Å². The first-order valence-electron chi connectivity index (χ1n) is 9.22. The van der Waals surface area contributed by atoms with Crippen LogP contribution in [0.25, 0.3) is 0 Å². The number of hydrogen-bond acceptors (Lipinski definition) is 4. The minimum atomic E-state index is -0.0300. The summed E-state index contributed by atoms with van der Waals surface area (Å²) >= 11 is 0. The second-order valence-electron chi connectivity index (χ2n) is 7.71. The number of ether oxygens (including phenoxy) is 2. The lowest BCUT2D eigenvalue weighted by Crippen LogP contribution is -2.49. The molecule has 0 spiro atoms. The maximum Gasteiger partial charge on any atom is 0.317 e. The van der Waals surface area contributed by atoms with Gasteiger partial charge in [-0.3, -0.25) is 4.79 Å². The molecule has 7 heteroatoms. The van der Waals surface area contributed by atoms with Crippen molar-refractivity contribution in [2.24, 2.45) is 5.41 Å². The second-order valence-corrected chi connectivity index (χ2v) is 7.71. The van der Waals surface area contributed by atoms with Crippen molar-refractivity contribution in [3.05, 3.63) is 23.8 Å². The number of nitrogens with zero attached hydrogens (tertiary/aromatic N) is 2. The van der Waals surface area contributed by atoms with Crippen LogP contribution < -0.4 is 14.8 Å². The standard InChI is InChI=1S/C19H25N3O4/c1-19(11-14-2-3-15-16(10-14)26-13-25-15)5-4-17(23)22(12-19)9-8-21-7-6-20-18(21)24/h2-3,10H,4-9,11-13H2,1H3,(H,20,24)/t19-/m1/s1. The molecule has 2 saturated heterocycles. The Morgan fingerprint density at radius 1 is 1.15 bits per heavy atom. The molecule has 0 unspecified atom stereocenters. The van der Waals surface area contributed by atoms with Crippen LogP contribution in [-0.4, -0.2) is 61.3 Å². The third-order valence-electron chi connectivity index (χ3n) is 5.52. The fourth-order valence-electron chi connectivity index (χ4n) is 4.05. The third-order valence-corrected chi connectivity index (χ3v) is 5.52. The van der Waals surface area contributed by atoms with Crippen LogP contribution in [0.3, 0.4) is 0 Å². The summed E-state index contributed by atoms with van der Waals surface area (Å²) in [7, 11) is 0. The average Bonchev–Trinajstić information content (AvgIpc) is 3.24. The number of nitrogens with one attached hydrogen (secondary N) is 1. The van der Waals surface area contributed by atoms with E-state index < -0.39 is 0 Å². The summed E-state index contributed by atoms with van der Waals surface area (Å²) in [5.74, 6) is 1.78. The van der Waals surface area contributed by atoms with Gasteiger partial charge in [-0.1, -0.05) is 13.0 Å². The van der Waals surface area contributed by atoms with E-state index in [2.05, 4.69) is 18.3 Å². The fourth-order valence-corrected chi connectivity index (χ4v) is 4.05. The van der Waals surface area contributed by atoms with Crippen molar-refractivity contribution in [2.45, 2.75) is 26.2 Å². The second kappa shape index (κ2) is 6.70. The normalized spacial score (nSPS) is 25.0. The molecule has 0 saturated carbocycles. The number of amides is 3. The minimum absolute atomic E-state index is 0.0227. The number of urea groups is 1. The zero-order valence-electron chi connectivity index (χ0n) is 15.1. The molecule has 4 rings (SSSR count). The van der Waals surface area contributed by atoms with Crippen LogP contribution in [0.5, 0.6) is 11.5 Å². The highest BCUT2D eigenvalue weighted by Gasteiger charge is 2.35. The molecule has 7 nitrogen and oxygen atoms in total. The van der Waals surface area contributed by atoms with Gasteiger partial charge in [0.2, 0.25) is 12.7 Å². The average molecular weight is 359 g/mol. The molecule has 3 aliphatic rings. The SMILES string of the molecule is C[C@]1(Cc2ccc3c(c2)OCO3)CCC(=O)N(CCN2CCNC2=O)C1. The summed E-state index contributed by atoms with van der Waals surface area (Å²) in [4.78, 5) is 27.7. The van der Waals surface area contributed by atoms with E-state index >= 15 is 0 Å². The topological polar surface area (TPSA) is 71.1 Å². The molecule has 0 radical (unpaired) electrons. The first-order chi connectivity index (χ1) is 12.5. The summed E-state index contributed by atoms with van der Waals surface area (Å²) in [6.07, 6.45) is 2.33. The van der Waals surface area contributed by atoms with Crippen LogP contribution in [0.2, 0.25) is 0 Å². The highest BCUT2D eigenvalue weighted by atomic mass is 16.7. The number of fused-ring (bicyclic) bond motifs is 1. The summed E-state index contributed by atoms with van der Waals surface area (Å²) in [5.41, 5.74) is 1.22. The molecule has 3 aliphatic heterocycles. The Labute approximate surface area is 153 Å². The number of piperidine rings is 1. The van der Waals surface area contributed by atoms with E-state index in [0.29, 0.717) is 26.1 Å². The van der Waals surface area contributed by atoms with Crippen LogP contribution in [0.1, 0.15) is 25.3 Å². The minimum Gasteiger partial charge on any atom is -0.454 e. The number of likely N-dealkylation sites (tertiary alicyclic amines) is 1. The molecule has 0 bridgehead atoms. The molecule has 140 valence electrons. The van der Waals surface area contributed by atoms with Crippen LogP contribution in [-0.2, 0) is 11.2 Å². The number of carbonyl (C=O) groups excluding carboxylic acids is 2. The van der Waals surface area contributed by atoms with Crippen molar-refractivity contribution in [3.63, 3.8) is 0 Å². The molecule has 26 heavy (non-hydrogen) atoms. The first-order valence-corrected chi connectivity index (χ1v) is 9.22. The Morgan fingerprint density at radius 2 is 1.96 bits per heavy atom. The monoisotopic (exact) mass is 359 g/mol. The largest absolute Gasteiger partial charge is 0.454 e. The number of benzene rings is 1. The van der Waals surface area contributed by atoms with E-state index in [1.54, 1.807) is 4.90 Å². The zero-order valence-corrected chi connectivity index (χ0v) is 15.1. The van der Waals surface area contributed by atoms with Crippen molar-refractivity contribution in [1.82, 2.24) is 15.1 Å². The maximum atomic E-state index is 12.3. The molecule has 1 aromatic rings. The number of carbonyl (C=O) groups is 2. The van der Waals surface area contributed by atoms with Crippen LogP contribution >= 0.6 is 0 Å². The first kappa shape index (κ1) is 17.0. The molecule has 0 aromatic heterocycles. The number of rotatable bonds is 5. The van der Waals surface area contributed by atoms with Gasteiger partial charge in [-0.25, -0.2) is 4.79 Å². The van der Waals surface area contributed by atoms with Crippen LogP contribution in [0.4, 0.5) is 4.79 Å². The Bertz CT molecular complexity index is 723. The quantitative estimate of drug-likeness (QED) is 0.867. The molecular formula is C19H25N3O4. The summed E-state index contributed by atoms with van der Waals surface area (Å²) < 4.78 is 10.9. The molecule has 1 N–H and O–H groups in total. The van der Waals surface area contributed by atoms with Gasteiger partial charge in [-0.05, 0) is 36.0 Å². The van der Waals surface area contributed by atoms with E-state index in [-0.39, 0.29) is 24.1 Å². The van der Waals surface area contributed by atoms with Gasteiger partial charge in [0.1, 0.15) is 0 Å². The molecule has 2 fully saturated rings. The van der Waals surface area contributed by atoms with Gasteiger partial charge >= 0.3 is 6.03 Å². The highest BCUT2D eigenvalue weighted by Crippen LogP contribution is 2.37. The number of hydrogen-bond donors (Lipinski definition) is 1. The molecule has 0 aliphatic carbocycles. The van der Waals surface area contributed by atoms with Crippen molar-refractivity contribution >= 4 is 11.9 Å². The summed E-state index contributed by atoms with van der Waals surface area (Å²) in [6, 6.07) is 6.05. The van der Waals surface area contributed by atoms with Gasteiger partial charge < -0.3 is 24.6 Å². The van der Waals surface area contributed by atoms with E-state index in [4.69, 9.17) is 9.47 Å². The van der Waals surface area contributed by atoms with Crippen molar-refractivity contribution < 1.29 is 19.1 Å². The Kier molecular flexibility index (Phi) is 4.38. The zero-order chi connectivity index (χ0) is 18.1. The lowest BCUT2D eigenvalue weighted by molar-refractivity contribution is -0.137. The van der Waals surface area contributed by atoms with Gasteiger partial charge in [0.25, 0.3) is 0 Å². The lowest BCUT2D eigenvalue weighted by atomic mass is 9.76. The molecule has 1 atom stereocenters. The third kappa shape index (κ3) is 3.43. The van der Waals surface area contributed by atoms with E-state index in [0.717, 1.165) is 37.4 Å². The molecule has 3 heterocycles. The predicted octanol–water partition coefficient (Wildman–Crippen LogP) is 1.61. The van der Waals surface area contributed by atoms with Crippen LogP contribution in [0, 0.1) is 5.41 Å². The van der Waals surface area contributed by atoms with Gasteiger partial charge in [0.15, 0.2) is 11.5 Å². The molecule has 1 aromatic carbocycles. The van der Waals surface area contributed by atoms with Gasteiger partial charge in [-0.15, -0.1) is 0 Å². The fraction of sp³-hybridized carbons (Fsp3) is 0.579. The highest BCUT2D eigenvalue weighted by molar-refractivity contribution is 5.78. The van der Waals surface area contributed by atoms with E-state index in [1.165, 1.54) is 5.56 Å². The Morgan fingerprint density at radius 3 is 2.77 bits per heavy atom. The maximum absolute atomic E-state index is 12.3. The van der Waals surface area contributed by atoms with Crippen molar-refractivity contribution in [1.29, 1.82) is 0 Å². The molecular weight excluding hydrogens is 334 g/mol. The molecule has 3 amide bonds. The smallest absolute Gasteiger partial charge is 0.317 e. The van der Waals surface area contributed by atoms with Gasteiger partial charge in [0.05, 0.1) is 0 Å². The van der Waals surface area contributed by atoms with Crippen LogP contribution in [0.15, 0.2) is 18.2 Å². The van der Waals surface area contributed by atoms with E-state index in [9.17, 15) is 9.59 Å². The Balaban J connectivity index is 1.39. The lowest BCUT2D eigenvalue weighted by Gasteiger charge is -2.41. The summed E-state index contributed by atoms with van der Waals surface area (Å²) in [6.45, 7) is 5.84. The van der Waals surface area contributed by atoms with Crippen molar-refractivity contribution in [3.8, 4) is 11.5 Å². The van der Waals surface area contributed by atoms with Crippen molar-refractivity contribution in [2.75, 3.05) is 39.5 Å².